The number of fused-ring (bicyclic) bond motifs is 2. The average Bonchev–Trinajstić information content (AvgIpc) is 3.68. The van der Waals surface area contributed by atoms with Crippen LogP contribution >= 0.6 is 0 Å². The van der Waals surface area contributed by atoms with E-state index in [4.69, 9.17) is 0 Å². The summed E-state index contributed by atoms with van der Waals surface area (Å²) >= 11 is -1.36. The SMILES string of the molecule is CCc1ccc2c(c1)=[C]([Zr]=[C](c1ccccc1)c1ccccc1)C1=C(C3=CC=CC3)C(CC)([Si](C)(C)C)C([Si](C)(C)C)=C([Si](C)(C)C)C=21. The molecule has 48 heavy (non-hydrogen) atoms. The van der Waals surface area contributed by atoms with Crippen molar-refractivity contribution >= 4 is 36.3 Å². The van der Waals surface area contributed by atoms with Gasteiger partial charge < -0.3 is 0 Å². The zero-order valence-corrected chi connectivity index (χ0v) is 36.8. The summed E-state index contributed by atoms with van der Waals surface area (Å²) in [7, 11) is -5.48. The number of hydrogen-bond donors (Lipinski definition) is 0. The van der Waals surface area contributed by atoms with Crippen molar-refractivity contribution in [2.45, 2.75) is 97.1 Å². The van der Waals surface area contributed by atoms with Gasteiger partial charge in [-0.3, -0.25) is 0 Å². The monoisotopic (exact) mass is 757 g/mol. The van der Waals surface area contributed by atoms with E-state index in [0.29, 0.717) is 0 Å². The molecule has 3 aliphatic rings. The Morgan fingerprint density at radius 3 is 1.77 bits per heavy atom. The molecule has 3 aliphatic carbocycles. The normalized spacial score (nSPS) is 19.4. The average molecular weight is 759 g/mol. The number of rotatable bonds is 9. The van der Waals surface area contributed by atoms with Crippen molar-refractivity contribution in [3.8, 4) is 0 Å². The van der Waals surface area contributed by atoms with Crippen LogP contribution in [0.15, 0.2) is 124 Å². The third-order valence-electron chi connectivity index (χ3n) is 10.9. The number of aryl methyl sites for hydroxylation is 1. The van der Waals surface area contributed by atoms with Crippen molar-refractivity contribution in [2.24, 2.45) is 0 Å². The van der Waals surface area contributed by atoms with Crippen LogP contribution < -0.4 is 10.4 Å². The van der Waals surface area contributed by atoms with E-state index in [2.05, 4.69) is 170 Å². The molecule has 1 unspecified atom stereocenters. The molecule has 0 spiro atoms. The molecule has 0 fully saturated rings. The first-order valence-corrected chi connectivity index (χ1v) is 31.1. The summed E-state index contributed by atoms with van der Waals surface area (Å²) in [4.78, 5) is 0. The molecular weight excluding hydrogens is 704 g/mol. The second-order valence-electron chi connectivity index (χ2n) is 17.0. The van der Waals surface area contributed by atoms with Crippen molar-refractivity contribution in [3.05, 3.63) is 151 Å². The number of benzene rings is 3. The van der Waals surface area contributed by atoms with E-state index in [1.165, 1.54) is 28.3 Å². The summed E-state index contributed by atoms with van der Waals surface area (Å²) in [6, 6.07) is 30.3. The first-order valence-electron chi connectivity index (χ1n) is 18.1. The molecule has 0 saturated heterocycles. The van der Waals surface area contributed by atoms with Gasteiger partial charge in [-0.05, 0) is 0 Å². The molecule has 6 rings (SSSR count). The quantitative estimate of drug-likeness (QED) is 0.191. The Kier molecular flexibility index (Phi) is 9.74. The molecule has 0 saturated carbocycles. The first kappa shape index (κ1) is 35.6. The van der Waals surface area contributed by atoms with E-state index < -0.39 is 47.0 Å². The van der Waals surface area contributed by atoms with Crippen LogP contribution in [0.5, 0.6) is 0 Å². The Balaban J connectivity index is 1.92. The Morgan fingerprint density at radius 2 is 1.31 bits per heavy atom. The maximum absolute atomic E-state index is 2.70. The molecule has 0 aliphatic heterocycles. The second kappa shape index (κ2) is 13.1. The first-order chi connectivity index (χ1) is 22.6. The van der Waals surface area contributed by atoms with Crippen LogP contribution in [0.2, 0.25) is 64.0 Å². The molecule has 0 radical (unpaired) electrons. The van der Waals surface area contributed by atoms with E-state index in [-0.39, 0.29) is 5.04 Å². The van der Waals surface area contributed by atoms with Crippen LogP contribution in [-0.4, -0.2) is 27.4 Å². The van der Waals surface area contributed by atoms with Gasteiger partial charge in [0, 0.05) is 0 Å². The summed E-state index contributed by atoms with van der Waals surface area (Å²) in [6.45, 7) is 29.0. The zero-order chi connectivity index (χ0) is 34.6. The van der Waals surface area contributed by atoms with Gasteiger partial charge in [-0.1, -0.05) is 0 Å². The third kappa shape index (κ3) is 5.97. The van der Waals surface area contributed by atoms with Crippen LogP contribution in [0.3, 0.4) is 0 Å². The van der Waals surface area contributed by atoms with Crippen LogP contribution in [0, 0.1) is 0 Å². The molecule has 247 valence electrons. The summed E-state index contributed by atoms with van der Waals surface area (Å²) in [5, 5.41) is 6.97. The summed E-state index contributed by atoms with van der Waals surface area (Å²) in [6.07, 6.45) is 10.6. The molecule has 0 amide bonds. The second-order valence-corrected chi connectivity index (χ2v) is 35.5. The summed E-state index contributed by atoms with van der Waals surface area (Å²) in [5.41, 5.74) is 11.0. The van der Waals surface area contributed by atoms with E-state index in [0.717, 1.165) is 12.8 Å². The van der Waals surface area contributed by atoms with Crippen molar-refractivity contribution in [1.82, 2.24) is 0 Å². The fourth-order valence-corrected chi connectivity index (χ4v) is 25.0. The molecule has 0 bridgehead atoms. The van der Waals surface area contributed by atoms with Gasteiger partial charge in [-0.15, -0.1) is 0 Å². The molecule has 1 atom stereocenters. The van der Waals surface area contributed by atoms with E-state index in [1.807, 2.05) is 10.4 Å². The van der Waals surface area contributed by atoms with Crippen molar-refractivity contribution < 1.29 is 22.8 Å². The van der Waals surface area contributed by atoms with Gasteiger partial charge >= 0.3 is 307 Å². The Hall–Kier alpha value is -2.24. The van der Waals surface area contributed by atoms with E-state index >= 15 is 0 Å². The van der Waals surface area contributed by atoms with E-state index in [9.17, 15) is 0 Å². The van der Waals surface area contributed by atoms with Crippen LogP contribution in [0.25, 0.3) is 8.85 Å². The fraction of sp³-hybridized carbons (Fsp3) is 0.341. The molecule has 0 N–H and O–H groups in total. The van der Waals surface area contributed by atoms with Crippen molar-refractivity contribution in [2.75, 3.05) is 0 Å². The van der Waals surface area contributed by atoms with Crippen LogP contribution in [-0.2, 0) is 29.2 Å². The Morgan fingerprint density at radius 1 is 0.708 bits per heavy atom. The van der Waals surface area contributed by atoms with E-state index in [1.54, 1.807) is 34.0 Å². The van der Waals surface area contributed by atoms with Gasteiger partial charge in [-0.2, -0.15) is 0 Å². The predicted octanol–water partition coefficient (Wildman–Crippen LogP) is 10.6. The minimum absolute atomic E-state index is 0.115. The van der Waals surface area contributed by atoms with Crippen LogP contribution in [0.4, 0.5) is 0 Å². The van der Waals surface area contributed by atoms with Gasteiger partial charge in [-0.25, -0.2) is 0 Å². The topological polar surface area (TPSA) is 0 Å². The Labute approximate surface area is 305 Å². The van der Waals surface area contributed by atoms with Crippen molar-refractivity contribution in [1.29, 1.82) is 0 Å². The van der Waals surface area contributed by atoms with Gasteiger partial charge in [0.25, 0.3) is 0 Å². The molecule has 0 heterocycles. The third-order valence-corrected chi connectivity index (χ3v) is 22.9. The molecule has 0 aromatic heterocycles. The number of hydrogen-bond acceptors (Lipinski definition) is 0. The van der Waals surface area contributed by atoms with Gasteiger partial charge in [0.1, 0.15) is 0 Å². The Bertz CT molecular complexity index is 2000. The minimum atomic E-state index is -1.85. The maximum atomic E-state index is 2.70. The molecular formula is C44H55Si3Zr. The van der Waals surface area contributed by atoms with Gasteiger partial charge in [0.15, 0.2) is 0 Å². The standard InChI is InChI=1S/C31H45Si3.C13H10.Zr/c1-12-22-18-19-25-24(20-22)21-26-27(25)29(32(3,4)5)30(33(6,7)8)31(13-2,34(9,10)11)28(26)23-16-14-15-17-23;1-3-7-12(8-4-1)11-13-9-5-2-6-10-13;/h14-16,18-20H,12-13,17H2,1-11H3;1-10H;. The zero-order valence-electron chi connectivity index (χ0n) is 31.4. The molecule has 4 heteroatoms. The molecule has 0 nitrogen and oxygen atoms in total. The van der Waals surface area contributed by atoms with Crippen molar-refractivity contribution in [3.63, 3.8) is 0 Å². The van der Waals surface area contributed by atoms with Crippen LogP contribution in [0.1, 0.15) is 43.4 Å². The van der Waals surface area contributed by atoms with Gasteiger partial charge in [0.05, 0.1) is 0 Å². The summed E-state index contributed by atoms with van der Waals surface area (Å²) in [5.74, 6) is 0. The number of allylic oxidation sites excluding steroid dienone is 8. The summed E-state index contributed by atoms with van der Waals surface area (Å²) < 4.78 is 3.32. The fourth-order valence-electron chi connectivity index (χ4n) is 9.06. The molecule has 3 aromatic rings. The molecule has 3 aromatic carbocycles. The predicted molar refractivity (Wildman–Crippen MR) is 217 cm³/mol. The van der Waals surface area contributed by atoms with Gasteiger partial charge in [0.2, 0.25) is 0 Å².